The van der Waals surface area contributed by atoms with Crippen molar-refractivity contribution in [2.45, 2.75) is 19.9 Å². The fraction of sp³-hybridized carbons (Fsp3) is 0.176. The first-order chi connectivity index (χ1) is 9.74. The Morgan fingerprint density at radius 2 is 1.80 bits per heavy atom. The fourth-order valence-corrected chi connectivity index (χ4v) is 2.20. The van der Waals surface area contributed by atoms with Crippen molar-refractivity contribution in [2.24, 2.45) is 0 Å². The molecule has 100 valence electrons. The lowest BCUT2D eigenvalue weighted by Crippen LogP contribution is -2.04. The minimum atomic E-state index is 0.170. The summed E-state index contributed by atoms with van der Waals surface area (Å²) in [5, 5.41) is 8.42. The van der Waals surface area contributed by atoms with Crippen molar-refractivity contribution in [3.63, 3.8) is 0 Å². The van der Waals surface area contributed by atoms with Crippen LogP contribution in [0.4, 0.5) is 0 Å². The first-order valence-corrected chi connectivity index (χ1v) is 6.79. The third kappa shape index (κ3) is 2.48. The van der Waals surface area contributed by atoms with Crippen LogP contribution in [0.5, 0.6) is 0 Å². The average Bonchev–Trinajstić information content (AvgIpc) is 2.90. The molecule has 0 saturated carbocycles. The van der Waals surface area contributed by atoms with Crippen LogP contribution in [0.3, 0.4) is 0 Å². The number of benzene rings is 2. The van der Waals surface area contributed by atoms with E-state index >= 15 is 0 Å². The standard InChI is InChI=1S/C17H17N3/c1-13-7-10-15(11-8-13)12-9-14(2)20-17-6-4-3-5-16(17)18-19-20/h3-12,14H,1-2H3/b12-9+. The van der Waals surface area contributed by atoms with Crippen molar-refractivity contribution in [1.29, 1.82) is 0 Å². The maximum atomic E-state index is 4.24. The van der Waals surface area contributed by atoms with Gasteiger partial charge in [0, 0.05) is 0 Å². The molecule has 1 unspecified atom stereocenters. The predicted molar refractivity (Wildman–Crippen MR) is 82.5 cm³/mol. The lowest BCUT2D eigenvalue weighted by Gasteiger charge is -2.07. The lowest BCUT2D eigenvalue weighted by atomic mass is 10.1. The number of hydrogen-bond acceptors (Lipinski definition) is 2. The van der Waals surface area contributed by atoms with Gasteiger partial charge in [0.2, 0.25) is 0 Å². The summed E-state index contributed by atoms with van der Waals surface area (Å²) < 4.78 is 1.94. The van der Waals surface area contributed by atoms with Crippen molar-refractivity contribution < 1.29 is 0 Å². The molecule has 3 nitrogen and oxygen atoms in total. The number of aryl methyl sites for hydroxylation is 1. The second kappa shape index (κ2) is 5.29. The summed E-state index contributed by atoms with van der Waals surface area (Å²) in [5.74, 6) is 0. The zero-order chi connectivity index (χ0) is 13.9. The quantitative estimate of drug-likeness (QED) is 0.714. The maximum Gasteiger partial charge on any atom is 0.113 e. The van der Waals surface area contributed by atoms with Crippen LogP contribution < -0.4 is 0 Å². The van der Waals surface area contributed by atoms with E-state index in [1.54, 1.807) is 0 Å². The minimum Gasteiger partial charge on any atom is -0.238 e. The highest BCUT2D eigenvalue weighted by atomic mass is 15.4. The number of hydrogen-bond donors (Lipinski definition) is 0. The van der Waals surface area contributed by atoms with Gasteiger partial charge in [-0.05, 0) is 31.5 Å². The largest absolute Gasteiger partial charge is 0.238 e. The van der Waals surface area contributed by atoms with Crippen LogP contribution in [0, 0.1) is 6.92 Å². The molecule has 0 spiro atoms. The first kappa shape index (κ1) is 12.6. The Bertz CT molecular complexity index is 738. The van der Waals surface area contributed by atoms with Gasteiger partial charge in [0.1, 0.15) is 5.52 Å². The Morgan fingerprint density at radius 3 is 2.60 bits per heavy atom. The van der Waals surface area contributed by atoms with Gasteiger partial charge in [0.05, 0.1) is 11.6 Å². The monoisotopic (exact) mass is 263 g/mol. The van der Waals surface area contributed by atoms with Gasteiger partial charge >= 0.3 is 0 Å². The summed E-state index contributed by atoms with van der Waals surface area (Å²) >= 11 is 0. The molecule has 0 amide bonds. The van der Waals surface area contributed by atoms with E-state index in [0.717, 1.165) is 11.0 Å². The third-order valence-corrected chi connectivity index (χ3v) is 3.41. The van der Waals surface area contributed by atoms with E-state index in [-0.39, 0.29) is 6.04 Å². The smallest absolute Gasteiger partial charge is 0.113 e. The second-order valence-electron chi connectivity index (χ2n) is 5.03. The normalized spacial score (nSPS) is 13.1. The number of rotatable bonds is 3. The van der Waals surface area contributed by atoms with Crippen LogP contribution in [0.1, 0.15) is 24.1 Å². The highest BCUT2D eigenvalue weighted by Gasteiger charge is 2.07. The Kier molecular flexibility index (Phi) is 3.33. The van der Waals surface area contributed by atoms with Gasteiger partial charge in [-0.3, -0.25) is 0 Å². The Hall–Kier alpha value is -2.42. The summed E-state index contributed by atoms with van der Waals surface area (Å²) in [6, 6.07) is 16.7. The minimum absolute atomic E-state index is 0.170. The van der Waals surface area contributed by atoms with Gasteiger partial charge in [-0.1, -0.05) is 59.3 Å². The van der Waals surface area contributed by atoms with E-state index in [9.17, 15) is 0 Å². The molecule has 1 atom stereocenters. The molecule has 0 saturated heterocycles. The van der Waals surface area contributed by atoms with E-state index in [2.05, 4.69) is 60.6 Å². The molecule has 0 N–H and O–H groups in total. The highest BCUT2D eigenvalue weighted by Crippen LogP contribution is 2.17. The molecule has 0 bridgehead atoms. The molecule has 3 heteroatoms. The molecule has 0 radical (unpaired) electrons. The van der Waals surface area contributed by atoms with E-state index < -0.39 is 0 Å². The molecule has 0 aliphatic heterocycles. The van der Waals surface area contributed by atoms with Crippen LogP contribution in [0.15, 0.2) is 54.6 Å². The summed E-state index contributed by atoms with van der Waals surface area (Å²) in [7, 11) is 0. The van der Waals surface area contributed by atoms with E-state index in [1.165, 1.54) is 11.1 Å². The summed E-state index contributed by atoms with van der Waals surface area (Å²) in [6.45, 7) is 4.21. The van der Waals surface area contributed by atoms with Crippen molar-refractivity contribution in [2.75, 3.05) is 0 Å². The van der Waals surface area contributed by atoms with Gasteiger partial charge in [0.15, 0.2) is 0 Å². The molecule has 0 fully saturated rings. The lowest BCUT2D eigenvalue weighted by molar-refractivity contribution is 0.577. The van der Waals surface area contributed by atoms with Crippen molar-refractivity contribution >= 4 is 17.1 Å². The van der Waals surface area contributed by atoms with Gasteiger partial charge in [-0.15, -0.1) is 5.10 Å². The van der Waals surface area contributed by atoms with Crippen molar-refractivity contribution in [3.8, 4) is 0 Å². The van der Waals surface area contributed by atoms with Crippen molar-refractivity contribution in [1.82, 2.24) is 15.0 Å². The Labute approximate surface area is 118 Å². The third-order valence-electron chi connectivity index (χ3n) is 3.41. The molecule has 0 aliphatic carbocycles. The van der Waals surface area contributed by atoms with Crippen LogP contribution in [0.25, 0.3) is 17.1 Å². The zero-order valence-corrected chi connectivity index (χ0v) is 11.7. The van der Waals surface area contributed by atoms with Crippen molar-refractivity contribution in [3.05, 3.63) is 65.7 Å². The molecular formula is C17H17N3. The predicted octanol–water partition coefficient (Wildman–Crippen LogP) is 4.01. The van der Waals surface area contributed by atoms with Gasteiger partial charge in [0.25, 0.3) is 0 Å². The maximum absolute atomic E-state index is 4.24. The Balaban J connectivity index is 1.85. The number of nitrogens with zero attached hydrogens (tertiary/aromatic N) is 3. The molecule has 0 aliphatic rings. The Morgan fingerprint density at radius 1 is 1.05 bits per heavy atom. The number of aromatic nitrogens is 3. The van der Waals surface area contributed by atoms with E-state index in [1.807, 2.05) is 28.9 Å². The van der Waals surface area contributed by atoms with Crippen LogP contribution in [-0.2, 0) is 0 Å². The molecule has 3 aromatic rings. The number of allylic oxidation sites excluding steroid dienone is 1. The molecule has 1 heterocycles. The molecule has 2 aromatic carbocycles. The van der Waals surface area contributed by atoms with Crippen LogP contribution in [-0.4, -0.2) is 15.0 Å². The number of fused-ring (bicyclic) bond motifs is 1. The average molecular weight is 263 g/mol. The topological polar surface area (TPSA) is 30.7 Å². The second-order valence-corrected chi connectivity index (χ2v) is 5.03. The molecule has 20 heavy (non-hydrogen) atoms. The van der Waals surface area contributed by atoms with Crippen LogP contribution in [0.2, 0.25) is 0 Å². The fourth-order valence-electron chi connectivity index (χ4n) is 2.20. The van der Waals surface area contributed by atoms with E-state index in [4.69, 9.17) is 0 Å². The highest BCUT2D eigenvalue weighted by molar-refractivity contribution is 5.74. The molecule has 3 rings (SSSR count). The van der Waals surface area contributed by atoms with Gasteiger partial charge in [-0.25, -0.2) is 4.68 Å². The summed E-state index contributed by atoms with van der Waals surface area (Å²) in [4.78, 5) is 0. The van der Waals surface area contributed by atoms with Crippen LogP contribution >= 0.6 is 0 Å². The summed E-state index contributed by atoms with van der Waals surface area (Å²) in [6.07, 6.45) is 4.27. The van der Waals surface area contributed by atoms with Gasteiger partial charge in [-0.2, -0.15) is 0 Å². The molecular weight excluding hydrogens is 246 g/mol. The first-order valence-electron chi connectivity index (χ1n) is 6.79. The SMILES string of the molecule is Cc1ccc(/C=C/C(C)n2nnc3ccccc32)cc1. The molecule has 1 aromatic heterocycles. The number of para-hydroxylation sites is 1. The van der Waals surface area contributed by atoms with Gasteiger partial charge < -0.3 is 0 Å². The van der Waals surface area contributed by atoms with E-state index in [0.29, 0.717) is 0 Å². The summed E-state index contributed by atoms with van der Waals surface area (Å²) in [5.41, 5.74) is 4.47. The zero-order valence-electron chi connectivity index (χ0n) is 11.7.